The van der Waals surface area contributed by atoms with Crippen LogP contribution in [0.1, 0.15) is 26.3 Å². The van der Waals surface area contributed by atoms with Crippen molar-refractivity contribution in [2.75, 3.05) is 13.7 Å². The van der Waals surface area contributed by atoms with E-state index in [0.29, 0.717) is 21.9 Å². The van der Waals surface area contributed by atoms with Crippen molar-refractivity contribution in [3.8, 4) is 11.5 Å². The lowest BCUT2D eigenvalue weighted by atomic mass is 10.2. The molecule has 3 aromatic rings. The van der Waals surface area contributed by atoms with Crippen molar-refractivity contribution in [2.24, 2.45) is 5.10 Å². The van der Waals surface area contributed by atoms with Gasteiger partial charge in [0, 0.05) is 5.56 Å². The second kappa shape index (κ2) is 11.8. The van der Waals surface area contributed by atoms with Gasteiger partial charge < -0.3 is 14.8 Å². The number of halogens is 2. The first kappa shape index (κ1) is 24.8. The summed E-state index contributed by atoms with van der Waals surface area (Å²) in [6.07, 6.45) is 1.38. The van der Waals surface area contributed by atoms with E-state index in [4.69, 9.17) is 32.7 Å². The molecule has 0 saturated heterocycles. The fraction of sp³-hybridized carbons (Fsp3) is 0.0833. The normalized spacial score (nSPS) is 10.6. The van der Waals surface area contributed by atoms with Gasteiger partial charge in [0.2, 0.25) is 0 Å². The van der Waals surface area contributed by atoms with Crippen LogP contribution in [0.25, 0.3) is 0 Å². The number of hydrogen-bond donors (Lipinski definition) is 2. The molecular weight excluding hydrogens is 481 g/mol. The zero-order chi connectivity index (χ0) is 24.5. The molecule has 0 bridgehead atoms. The molecule has 0 heterocycles. The van der Waals surface area contributed by atoms with Gasteiger partial charge in [-0.1, -0.05) is 41.4 Å². The SMILES string of the molecule is COc1cc(/C=N\NC(=O)CNC(=O)c2ccc(Cl)c(Cl)c2)ccc1OC(=O)c1ccccc1. The summed E-state index contributed by atoms with van der Waals surface area (Å²) >= 11 is 11.7. The van der Waals surface area contributed by atoms with Gasteiger partial charge in [0.15, 0.2) is 11.5 Å². The highest BCUT2D eigenvalue weighted by Gasteiger charge is 2.13. The molecule has 10 heteroatoms. The topological polar surface area (TPSA) is 106 Å². The predicted octanol–water partition coefficient (Wildman–Crippen LogP) is 4.10. The highest BCUT2D eigenvalue weighted by molar-refractivity contribution is 6.42. The summed E-state index contributed by atoms with van der Waals surface area (Å²) in [6, 6.07) is 17.7. The van der Waals surface area contributed by atoms with Gasteiger partial charge in [-0.05, 0) is 54.1 Å². The summed E-state index contributed by atoms with van der Waals surface area (Å²) in [5, 5.41) is 6.87. The van der Waals surface area contributed by atoms with Gasteiger partial charge >= 0.3 is 5.97 Å². The van der Waals surface area contributed by atoms with Gasteiger partial charge in [-0.15, -0.1) is 0 Å². The third kappa shape index (κ3) is 6.81. The van der Waals surface area contributed by atoms with E-state index in [1.807, 2.05) is 0 Å². The first-order valence-corrected chi connectivity index (χ1v) is 10.6. The number of hydrogen-bond acceptors (Lipinski definition) is 6. The summed E-state index contributed by atoms with van der Waals surface area (Å²) in [4.78, 5) is 36.3. The van der Waals surface area contributed by atoms with Gasteiger partial charge in [-0.25, -0.2) is 10.2 Å². The minimum atomic E-state index is -0.537. The minimum absolute atomic E-state index is 0.236. The number of nitrogens with one attached hydrogen (secondary N) is 2. The number of benzene rings is 3. The number of hydrazone groups is 1. The molecule has 2 N–H and O–H groups in total. The van der Waals surface area contributed by atoms with E-state index in [1.165, 1.54) is 31.5 Å². The molecule has 0 saturated carbocycles. The second-order valence-electron chi connectivity index (χ2n) is 6.77. The Labute approximate surface area is 205 Å². The van der Waals surface area contributed by atoms with Crippen LogP contribution in [0.15, 0.2) is 71.8 Å². The van der Waals surface area contributed by atoms with E-state index in [-0.39, 0.29) is 22.9 Å². The van der Waals surface area contributed by atoms with Crippen LogP contribution < -0.4 is 20.2 Å². The van der Waals surface area contributed by atoms with Gasteiger partial charge in [0.1, 0.15) is 0 Å². The zero-order valence-corrected chi connectivity index (χ0v) is 19.4. The van der Waals surface area contributed by atoms with E-state index in [9.17, 15) is 14.4 Å². The largest absolute Gasteiger partial charge is 0.493 e. The van der Waals surface area contributed by atoms with Crippen LogP contribution in [0.5, 0.6) is 11.5 Å². The number of esters is 1. The molecule has 0 fully saturated rings. The highest BCUT2D eigenvalue weighted by atomic mass is 35.5. The third-order valence-corrected chi connectivity index (χ3v) is 5.13. The Morgan fingerprint density at radius 1 is 0.912 bits per heavy atom. The smallest absolute Gasteiger partial charge is 0.343 e. The van der Waals surface area contributed by atoms with E-state index >= 15 is 0 Å². The molecule has 8 nitrogen and oxygen atoms in total. The quantitative estimate of drug-likeness (QED) is 0.210. The number of nitrogens with zero attached hydrogens (tertiary/aromatic N) is 1. The molecule has 0 radical (unpaired) electrons. The molecule has 3 aromatic carbocycles. The predicted molar refractivity (Wildman–Crippen MR) is 129 cm³/mol. The lowest BCUT2D eigenvalue weighted by Crippen LogP contribution is -2.34. The molecule has 174 valence electrons. The molecule has 0 aliphatic rings. The summed E-state index contributed by atoms with van der Waals surface area (Å²) in [6.45, 7) is -0.298. The second-order valence-corrected chi connectivity index (χ2v) is 7.58. The van der Waals surface area contributed by atoms with Crippen LogP contribution in [-0.2, 0) is 4.79 Å². The fourth-order valence-corrected chi connectivity index (χ4v) is 3.00. The number of carbonyl (C=O) groups is 3. The molecule has 34 heavy (non-hydrogen) atoms. The molecule has 0 aliphatic carbocycles. The standard InChI is InChI=1S/C24H19Cl2N3O5/c1-33-21-11-15(7-10-20(21)34-24(32)16-5-3-2-4-6-16)13-28-29-22(30)14-27-23(31)17-8-9-18(25)19(26)12-17/h2-13H,14H2,1H3,(H,27,31)(H,29,30)/b28-13-. The molecular formula is C24H19Cl2N3O5. The summed E-state index contributed by atoms with van der Waals surface area (Å²) in [7, 11) is 1.44. The van der Waals surface area contributed by atoms with Crippen LogP contribution in [-0.4, -0.2) is 37.7 Å². The van der Waals surface area contributed by atoms with Crippen LogP contribution in [0.3, 0.4) is 0 Å². The Kier molecular flexibility index (Phi) is 8.61. The van der Waals surface area contributed by atoms with Crippen molar-refractivity contribution in [2.45, 2.75) is 0 Å². The number of methoxy groups -OCH3 is 1. The summed E-state index contributed by atoms with van der Waals surface area (Å²) < 4.78 is 10.7. The lowest BCUT2D eigenvalue weighted by Gasteiger charge is -2.10. The van der Waals surface area contributed by atoms with Gasteiger partial charge in [0.25, 0.3) is 11.8 Å². The average Bonchev–Trinajstić information content (AvgIpc) is 2.85. The monoisotopic (exact) mass is 499 g/mol. The van der Waals surface area contributed by atoms with Crippen molar-refractivity contribution in [1.29, 1.82) is 0 Å². The molecule has 3 rings (SSSR count). The third-order valence-electron chi connectivity index (χ3n) is 4.39. The van der Waals surface area contributed by atoms with Crippen molar-refractivity contribution in [3.05, 3.63) is 93.5 Å². The van der Waals surface area contributed by atoms with E-state index in [1.54, 1.807) is 48.5 Å². The van der Waals surface area contributed by atoms with Gasteiger partial charge in [0.05, 0.1) is 35.5 Å². The highest BCUT2D eigenvalue weighted by Crippen LogP contribution is 2.28. The Morgan fingerprint density at radius 3 is 2.38 bits per heavy atom. The van der Waals surface area contributed by atoms with Crippen molar-refractivity contribution in [1.82, 2.24) is 10.7 Å². The van der Waals surface area contributed by atoms with Crippen molar-refractivity contribution < 1.29 is 23.9 Å². The number of ether oxygens (including phenoxy) is 2. The maximum Gasteiger partial charge on any atom is 0.343 e. The first-order valence-electron chi connectivity index (χ1n) is 9.88. The lowest BCUT2D eigenvalue weighted by molar-refractivity contribution is -0.120. The maximum atomic E-state index is 12.3. The molecule has 0 spiro atoms. The summed E-state index contributed by atoms with van der Waals surface area (Å²) in [5.41, 5.74) is 3.56. The van der Waals surface area contributed by atoms with E-state index < -0.39 is 17.8 Å². The number of amides is 2. The molecule has 0 atom stereocenters. The maximum absolute atomic E-state index is 12.3. The zero-order valence-electron chi connectivity index (χ0n) is 17.9. The van der Waals surface area contributed by atoms with Crippen LogP contribution in [0.4, 0.5) is 0 Å². The van der Waals surface area contributed by atoms with Gasteiger partial charge in [-0.3, -0.25) is 9.59 Å². The fourth-order valence-electron chi connectivity index (χ4n) is 2.70. The van der Waals surface area contributed by atoms with E-state index in [0.717, 1.165) is 0 Å². The molecule has 2 amide bonds. The molecule has 0 aliphatic heterocycles. The molecule has 0 aromatic heterocycles. The minimum Gasteiger partial charge on any atom is -0.493 e. The number of carbonyl (C=O) groups excluding carboxylic acids is 3. The average molecular weight is 500 g/mol. The van der Waals surface area contributed by atoms with Crippen LogP contribution in [0, 0.1) is 0 Å². The van der Waals surface area contributed by atoms with Crippen LogP contribution in [0.2, 0.25) is 10.0 Å². The number of rotatable bonds is 8. The Balaban J connectivity index is 1.53. The Hall–Kier alpha value is -3.88. The van der Waals surface area contributed by atoms with Gasteiger partial charge in [-0.2, -0.15) is 5.10 Å². The van der Waals surface area contributed by atoms with Crippen molar-refractivity contribution >= 4 is 47.2 Å². The first-order chi connectivity index (χ1) is 16.4. The Morgan fingerprint density at radius 2 is 1.68 bits per heavy atom. The summed E-state index contributed by atoms with van der Waals surface area (Å²) in [5.74, 6) is -0.986. The Bertz CT molecular complexity index is 1230. The van der Waals surface area contributed by atoms with Crippen LogP contribution >= 0.6 is 23.2 Å². The molecule has 0 unspecified atom stereocenters. The van der Waals surface area contributed by atoms with E-state index in [2.05, 4.69) is 15.8 Å². The van der Waals surface area contributed by atoms with Crippen molar-refractivity contribution in [3.63, 3.8) is 0 Å².